The van der Waals surface area contributed by atoms with Crippen LogP contribution in [0.3, 0.4) is 0 Å². The summed E-state index contributed by atoms with van der Waals surface area (Å²) in [5.41, 5.74) is -0.216. The van der Waals surface area contributed by atoms with E-state index in [2.05, 4.69) is 21.2 Å². The van der Waals surface area contributed by atoms with Crippen LogP contribution < -0.4 is 5.32 Å². The normalized spacial score (nSPS) is 19.1. The summed E-state index contributed by atoms with van der Waals surface area (Å²) in [6.07, 6.45) is 2.13. The van der Waals surface area contributed by atoms with Gasteiger partial charge in [-0.05, 0) is 37.5 Å². The number of benzene rings is 1. The van der Waals surface area contributed by atoms with Crippen LogP contribution >= 0.6 is 15.9 Å². The zero-order valence-corrected chi connectivity index (χ0v) is 10.6. The molecule has 1 aliphatic rings. The molecule has 16 heavy (non-hydrogen) atoms. The highest BCUT2D eigenvalue weighted by atomic mass is 79.9. The number of hydrogen-bond donors (Lipinski definition) is 2. The fraction of sp³-hybridized carbons (Fsp3) is 0.417. The zero-order chi connectivity index (χ0) is 11.8. The number of nitrogens with one attached hydrogen (secondary N) is 1. The highest BCUT2D eigenvalue weighted by Crippen LogP contribution is 2.30. The molecule has 0 heterocycles. The Morgan fingerprint density at radius 3 is 2.75 bits per heavy atom. The van der Waals surface area contributed by atoms with Gasteiger partial charge in [-0.3, -0.25) is 5.32 Å². The number of carboxylic acid groups (broad SMARTS) is 1. The van der Waals surface area contributed by atoms with Crippen molar-refractivity contribution >= 4 is 21.9 Å². The number of aliphatic carboxylic acids is 1. The van der Waals surface area contributed by atoms with Crippen LogP contribution in [-0.2, 0) is 10.3 Å². The van der Waals surface area contributed by atoms with Gasteiger partial charge in [0.15, 0.2) is 0 Å². The fourth-order valence-electron chi connectivity index (χ4n) is 1.70. The summed E-state index contributed by atoms with van der Waals surface area (Å²) in [7, 11) is 0. The van der Waals surface area contributed by atoms with E-state index in [-0.39, 0.29) is 0 Å². The predicted octanol–water partition coefficient (Wildman–Crippen LogP) is 2.50. The third-order valence-corrected chi connectivity index (χ3v) is 3.39. The van der Waals surface area contributed by atoms with Crippen LogP contribution in [-0.4, -0.2) is 17.1 Å². The van der Waals surface area contributed by atoms with Gasteiger partial charge in [-0.15, -0.1) is 0 Å². The minimum absolute atomic E-state index is 0.347. The number of carbonyl (C=O) groups is 1. The summed E-state index contributed by atoms with van der Waals surface area (Å²) in [6.45, 7) is 1.72. The molecule has 1 aliphatic carbocycles. The van der Waals surface area contributed by atoms with E-state index in [1.807, 2.05) is 24.3 Å². The van der Waals surface area contributed by atoms with Crippen LogP contribution in [0.25, 0.3) is 0 Å². The van der Waals surface area contributed by atoms with E-state index < -0.39 is 11.5 Å². The quantitative estimate of drug-likeness (QED) is 0.893. The molecule has 1 saturated carbocycles. The standard InChI is InChI=1S/C12H14BrNO2/c1-12(11(15)16,14-10-5-6-10)8-3-2-4-9(13)7-8/h2-4,7,10,14H,5-6H2,1H3,(H,15,16). The van der Waals surface area contributed by atoms with Crippen molar-refractivity contribution in [1.82, 2.24) is 5.32 Å². The Morgan fingerprint density at radius 1 is 1.56 bits per heavy atom. The van der Waals surface area contributed by atoms with Crippen molar-refractivity contribution in [3.05, 3.63) is 34.3 Å². The largest absolute Gasteiger partial charge is 0.480 e. The summed E-state index contributed by atoms with van der Waals surface area (Å²) in [5.74, 6) is -0.836. The molecule has 0 aliphatic heterocycles. The molecule has 86 valence electrons. The first-order chi connectivity index (χ1) is 7.52. The van der Waals surface area contributed by atoms with Gasteiger partial charge in [0, 0.05) is 10.5 Å². The van der Waals surface area contributed by atoms with E-state index in [0.29, 0.717) is 6.04 Å². The number of carboxylic acids is 1. The smallest absolute Gasteiger partial charge is 0.328 e. The fourth-order valence-corrected chi connectivity index (χ4v) is 2.10. The van der Waals surface area contributed by atoms with E-state index in [9.17, 15) is 9.90 Å². The first kappa shape index (κ1) is 11.6. The third kappa shape index (κ3) is 2.28. The first-order valence-electron chi connectivity index (χ1n) is 5.29. The predicted molar refractivity (Wildman–Crippen MR) is 65.3 cm³/mol. The van der Waals surface area contributed by atoms with Gasteiger partial charge in [-0.1, -0.05) is 28.1 Å². The molecule has 1 atom stereocenters. The Labute approximate surface area is 103 Å². The third-order valence-electron chi connectivity index (χ3n) is 2.90. The molecule has 1 aromatic carbocycles. The second kappa shape index (κ2) is 4.18. The highest BCUT2D eigenvalue weighted by Gasteiger charge is 2.39. The monoisotopic (exact) mass is 283 g/mol. The molecule has 4 heteroatoms. The summed E-state index contributed by atoms with van der Waals surface area (Å²) >= 11 is 3.36. The summed E-state index contributed by atoms with van der Waals surface area (Å²) < 4.78 is 0.898. The maximum absolute atomic E-state index is 11.4. The molecule has 1 aromatic rings. The maximum Gasteiger partial charge on any atom is 0.328 e. The highest BCUT2D eigenvalue weighted by molar-refractivity contribution is 9.10. The average Bonchev–Trinajstić information content (AvgIpc) is 3.01. The molecule has 2 N–H and O–H groups in total. The van der Waals surface area contributed by atoms with Crippen LogP contribution in [0.4, 0.5) is 0 Å². The van der Waals surface area contributed by atoms with Crippen LogP contribution in [0.15, 0.2) is 28.7 Å². The van der Waals surface area contributed by atoms with Gasteiger partial charge in [0.25, 0.3) is 0 Å². The molecule has 1 unspecified atom stereocenters. The Bertz CT molecular complexity index is 417. The van der Waals surface area contributed by atoms with Crippen molar-refractivity contribution in [1.29, 1.82) is 0 Å². The Morgan fingerprint density at radius 2 is 2.25 bits per heavy atom. The lowest BCUT2D eigenvalue weighted by atomic mass is 9.92. The lowest BCUT2D eigenvalue weighted by Crippen LogP contribution is -2.47. The molecule has 0 bridgehead atoms. The number of hydrogen-bond acceptors (Lipinski definition) is 2. The van der Waals surface area contributed by atoms with E-state index in [1.54, 1.807) is 6.92 Å². The van der Waals surface area contributed by atoms with Gasteiger partial charge in [0.1, 0.15) is 5.54 Å². The van der Waals surface area contributed by atoms with Gasteiger partial charge >= 0.3 is 5.97 Å². The zero-order valence-electron chi connectivity index (χ0n) is 9.03. The van der Waals surface area contributed by atoms with E-state index >= 15 is 0 Å². The van der Waals surface area contributed by atoms with Gasteiger partial charge in [0.2, 0.25) is 0 Å². The van der Waals surface area contributed by atoms with Crippen molar-refractivity contribution in [2.75, 3.05) is 0 Å². The minimum atomic E-state index is -0.995. The SMILES string of the molecule is CC(NC1CC1)(C(=O)O)c1cccc(Br)c1. The van der Waals surface area contributed by atoms with Crippen LogP contribution in [0.2, 0.25) is 0 Å². The minimum Gasteiger partial charge on any atom is -0.480 e. The summed E-state index contributed by atoms with van der Waals surface area (Å²) in [5, 5.41) is 12.6. The lowest BCUT2D eigenvalue weighted by Gasteiger charge is -2.27. The van der Waals surface area contributed by atoms with Crippen LogP contribution in [0.5, 0.6) is 0 Å². The van der Waals surface area contributed by atoms with Gasteiger partial charge in [-0.25, -0.2) is 4.79 Å². The van der Waals surface area contributed by atoms with Crippen molar-refractivity contribution in [2.45, 2.75) is 31.3 Å². The second-order valence-corrected chi connectivity index (χ2v) is 5.27. The lowest BCUT2D eigenvalue weighted by molar-refractivity contribution is -0.144. The summed E-state index contributed by atoms with van der Waals surface area (Å²) in [4.78, 5) is 11.4. The Kier molecular flexibility index (Phi) is 3.04. The molecule has 0 aromatic heterocycles. The van der Waals surface area contributed by atoms with Gasteiger partial charge in [0.05, 0.1) is 0 Å². The maximum atomic E-state index is 11.4. The average molecular weight is 284 g/mol. The Balaban J connectivity index is 2.33. The Hall–Kier alpha value is -0.870. The van der Waals surface area contributed by atoms with Crippen molar-refractivity contribution in [2.24, 2.45) is 0 Å². The van der Waals surface area contributed by atoms with Crippen molar-refractivity contribution in [3.63, 3.8) is 0 Å². The van der Waals surface area contributed by atoms with Crippen molar-refractivity contribution < 1.29 is 9.90 Å². The van der Waals surface area contributed by atoms with Gasteiger partial charge < -0.3 is 5.11 Å². The van der Waals surface area contributed by atoms with Crippen LogP contribution in [0.1, 0.15) is 25.3 Å². The van der Waals surface area contributed by atoms with Crippen LogP contribution in [0, 0.1) is 0 Å². The summed E-state index contributed by atoms with van der Waals surface area (Å²) in [6, 6.07) is 7.79. The molecule has 0 radical (unpaired) electrons. The van der Waals surface area contributed by atoms with E-state index in [0.717, 1.165) is 22.9 Å². The van der Waals surface area contributed by atoms with Gasteiger partial charge in [-0.2, -0.15) is 0 Å². The molecule has 0 saturated heterocycles. The molecule has 0 spiro atoms. The first-order valence-corrected chi connectivity index (χ1v) is 6.09. The number of rotatable bonds is 4. The van der Waals surface area contributed by atoms with E-state index in [4.69, 9.17) is 0 Å². The van der Waals surface area contributed by atoms with E-state index in [1.165, 1.54) is 0 Å². The molecular formula is C12H14BrNO2. The molecule has 3 nitrogen and oxygen atoms in total. The number of halogens is 1. The topological polar surface area (TPSA) is 49.3 Å². The molecule has 0 amide bonds. The second-order valence-electron chi connectivity index (χ2n) is 4.36. The molecular weight excluding hydrogens is 270 g/mol. The molecule has 2 rings (SSSR count). The molecule has 1 fully saturated rings. The van der Waals surface area contributed by atoms with Crippen molar-refractivity contribution in [3.8, 4) is 0 Å².